The summed E-state index contributed by atoms with van der Waals surface area (Å²) in [6, 6.07) is 11.1. The smallest absolute Gasteiger partial charge is 0.222 e. The Labute approximate surface area is 211 Å². The molecule has 2 aromatic heterocycles. The molecule has 0 radical (unpaired) electrons. The van der Waals surface area contributed by atoms with E-state index in [-0.39, 0.29) is 5.41 Å². The van der Waals surface area contributed by atoms with Gasteiger partial charge in [0, 0.05) is 35.0 Å². The Kier molecular flexibility index (Phi) is 5.48. The zero-order valence-corrected chi connectivity index (χ0v) is 21.7. The van der Waals surface area contributed by atoms with Gasteiger partial charge in [-0.3, -0.25) is 5.10 Å². The molecule has 2 aliphatic heterocycles. The highest BCUT2D eigenvalue weighted by Crippen LogP contribution is 2.39. The van der Waals surface area contributed by atoms with Crippen molar-refractivity contribution >= 4 is 16.6 Å². The zero-order chi connectivity index (χ0) is 25.0. The minimum atomic E-state index is 0.105. The van der Waals surface area contributed by atoms with Crippen LogP contribution in [0.25, 0.3) is 22.3 Å². The van der Waals surface area contributed by atoms with Crippen LogP contribution < -0.4 is 9.64 Å². The second-order valence-electron chi connectivity index (χ2n) is 10.7. The fraction of sp³-hybridized carbons (Fsp3) is 0.414. The molecule has 36 heavy (non-hydrogen) atoms. The van der Waals surface area contributed by atoms with Crippen molar-refractivity contribution < 1.29 is 9.47 Å². The fourth-order valence-electron chi connectivity index (χ4n) is 5.54. The minimum absolute atomic E-state index is 0.105. The van der Waals surface area contributed by atoms with Crippen LogP contribution in [0.4, 0.5) is 5.69 Å². The second-order valence-corrected chi connectivity index (χ2v) is 10.7. The number of aromatic amines is 1. The number of rotatable bonds is 5. The lowest BCUT2D eigenvalue weighted by Gasteiger charge is -2.40. The van der Waals surface area contributed by atoms with Gasteiger partial charge in [0.25, 0.3) is 0 Å². The summed E-state index contributed by atoms with van der Waals surface area (Å²) in [5.74, 6) is 1.70. The molecule has 0 bridgehead atoms. The summed E-state index contributed by atoms with van der Waals surface area (Å²) in [5, 5.41) is 8.41. The molecule has 1 saturated heterocycles. The largest absolute Gasteiger partial charge is 0.481 e. The summed E-state index contributed by atoms with van der Waals surface area (Å²) in [7, 11) is 1.70. The van der Waals surface area contributed by atoms with Crippen molar-refractivity contribution in [3.05, 3.63) is 64.5 Å². The average molecular weight is 484 g/mol. The summed E-state index contributed by atoms with van der Waals surface area (Å²) >= 11 is 0. The maximum atomic E-state index is 5.87. The number of hydrogen-bond acceptors (Lipinski definition) is 6. The Balaban J connectivity index is 1.41. The number of nitrogens with zero attached hydrogens (tertiary/aromatic N) is 4. The lowest BCUT2D eigenvalue weighted by molar-refractivity contribution is -0.0499. The molecule has 0 spiro atoms. The zero-order valence-electron chi connectivity index (χ0n) is 21.7. The Bertz CT molecular complexity index is 1440. The molecule has 2 aromatic carbocycles. The van der Waals surface area contributed by atoms with Crippen LogP contribution >= 0.6 is 0 Å². The first-order valence-corrected chi connectivity index (χ1v) is 12.7. The van der Waals surface area contributed by atoms with Crippen LogP contribution in [-0.2, 0) is 23.1 Å². The number of ether oxygens (including phenoxy) is 2. The number of fused-ring (bicyclic) bond motifs is 2. The molecule has 186 valence electrons. The first-order chi connectivity index (χ1) is 17.4. The number of benzene rings is 2. The maximum Gasteiger partial charge on any atom is 0.222 e. The number of methoxy groups -OCH3 is 1. The molecule has 7 heteroatoms. The highest BCUT2D eigenvalue weighted by atomic mass is 16.5. The van der Waals surface area contributed by atoms with Crippen molar-refractivity contribution in [1.29, 1.82) is 0 Å². The van der Waals surface area contributed by atoms with Crippen LogP contribution in [0.5, 0.6) is 5.88 Å². The van der Waals surface area contributed by atoms with Crippen molar-refractivity contribution in [2.24, 2.45) is 0 Å². The van der Waals surface area contributed by atoms with Crippen molar-refractivity contribution in [2.75, 3.05) is 31.8 Å². The predicted molar refractivity (Wildman–Crippen MR) is 142 cm³/mol. The maximum absolute atomic E-state index is 5.87. The first-order valence-electron chi connectivity index (χ1n) is 12.7. The van der Waals surface area contributed by atoms with Crippen molar-refractivity contribution in [3.63, 3.8) is 0 Å². The minimum Gasteiger partial charge on any atom is -0.481 e. The van der Waals surface area contributed by atoms with Gasteiger partial charge in [-0.15, -0.1) is 0 Å². The van der Waals surface area contributed by atoms with Crippen LogP contribution in [0.1, 0.15) is 54.6 Å². The van der Waals surface area contributed by atoms with E-state index in [1.165, 1.54) is 22.4 Å². The molecule has 2 aliphatic rings. The summed E-state index contributed by atoms with van der Waals surface area (Å²) in [5.41, 5.74) is 9.36. The third-order valence-electron chi connectivity index (χ3n) is 7.81. The van der Waals surface area contributed by atoms with Crippen molar-refractivity contribution in [2.45, 2.75) is 52.0 Å². The molecular formula is C29H33N5O2. The summed E-state index contributed by atoms with van der Waals surface area (Å²) in [6.07, 6.45) is 2.71. The van der Waals surface area contributed by atoms with Crippen molar-refractivity contribution in [3.8, 4) is 17.3 Å². The Morgan fingerprint density at radius 3 is 2.69 bits per heavy atom. The van der Waals surface area contributed by atoms with Gasteiger partial charge in [0.15, 0.2) is 5.82 Å². The number of hydrogen-bond donors (Lipinski definition) is 1. The third kappa shape index (κ3) is 3.64. The molecule has 1 N–H and O–H groups in total. The van der Waals surface area contributed by atoms with Crippen LogP contribution in [0, 0.1) is 6.92 Å². The van der Waals surface area contributed by atoms with Crippen LogP contribution in [0.15, 0.2) is 36.5 Å². The first kappa shape index (κ1) is 23.0. The van der Waals surface area contributed by atoms with E-state index < -0.39 is 0 Å². The topological polar surface area (TPSA) is 76.2 Å². The Hall–Kier alpha value is -3.45. The number of anilines is 1. The summed E-state index contributed by atoms with van der Waals surface area (Å²) in [6.45, 7) is 12.1. The monoisotopic (exact) mass is 483 g/mol. The normalized spacial score (nSPS) is 16.8. The molecule has 4 heterocycles. The molecule has 0 amide bonds. The van der Waals surface area contributed by atoms with Gasteiger partial charge in [0.2, 0.25) is 5.88 Å². The molecule has 4 aromatic rings. The lowest BCUT2D eigenvalue weighted by atomic mass is 9.80. The molecule has 0 unspecified atom stereocenters. The van der Waals surface area contributed by atoms with Crippen molar-refractivity contribution in [1.82, 2.24) is 20.2 Å². The van der Waals surface area contributed by atoms with Gasteiger partial charge in [-0.25, -0.2) is 4.98 Å². The van der Waals surface area contributed by atoms with Gasteiger partial charge in [0.05, 0.1) is 49.8 Å². The highest BCUT2D eigenvalue weighted by Gasteiger charge is 2.36. The average Bonchev–Trinajstić information content (AvgIpc) is 3.35. The van der Waals surface area contributed by atoms with Crippen LogP contribution in [0.3, 0.4) is 0 Å². The molecule has 0 saturated carbocycles. The van der Waals surface area contributed by atoms with E-state index in [0.29, 0.717) is 17.6 Å². The Morgan fingerprint density at radius 2 is 1.97 bits per heavy atom. The van der Waals surface area contributed by atoms with Gasteiger partial charge in [0.1, 0.15) is 0 Å². The molecule has 6 rings (SSSR count). The molecular weight excluding hydrogens is 450 g/mol. The van der Waals surface area contributed by atoms with E-state index in [1.807, 2.05) is 6.20 Å². The molecule has 0 aliphatic carbocycles. The fourth-order valence-corrected chi connectivity index (χ4v) is 5.54. The molecule has 0 atom stereocenters. The van der Waals surface area contributed by atoms with E-state index in [2.05, 4.69) is 73.1 Å². The van der Waals surface area contributed by atoms with Gasteiger partial charge in [-0.1, -0.05) is 39.0 Å². The number of aromatic nitrogens is 4. The number of nitrogens with one attached hydrogen (secondary N) is 1. The second kappa shape index (κ2) is 8.59. The quantitative estimate of drug-likeness (QED) is 0.415. The molecule has 7 nitrogen and oxygen atoms in total. The van der Waals surface area contributed by atoms with Gasteiger partial charge < -0.3 is 14.4 Å². The summed E-state index contributed by atoms with van der Waals surface area (Å²) < 4.78 is 11.4. The summed E-state index contributed by atoms with van der Waals surface area (Å²) in [4.78, 5) is 12.5. The van der Waals surface area contributed by atoms with E-state index >= 15 is 0 Å². The van der Waals surface area contributed by atoms with Gasteiger partial charge in [-0.2, -0.15) is 10.1 Å². The van der Waals surface area contributed by atoms with E-state index in [4.69, 9.17) is 19.4 Å². The van der Waals surface area contributed by atoms with Crippen LogP contribution in [-0.4, -0.2) is 47.0 Å². The number of H-pyrrole nitrogens is 1. The van der Waals surface area contributed by atoms with Gasteiger partial charge >= 0.3 is 0 Å². The SMILES string of the molecule is COc1nc(-c2c(C(C)C)ccc3[nH]ncc23)nc2c1CN(c1cc(C3(C)COC3)ccc1C)CC2. The predicted octanol–water partition coefficient (Wildman–Crippen LogP) is 5.31. The number of aryl methyl sites for hydroxylation is 1. The van der Waals surface area contributed by atoms with E-state index in [0.717, 1.165) is 60.4 Å². The lowest BCUT2D eigenvalue weighted by Crippen LogP contribution is -2.44. The standard InChI is InChI=1S/C29H33N5O2/c1-17(2)20-8-9-24-21(13-30-33-24)26(20)27-31-23-10-11-34(14-22(23)28(32-27)35-5)25-12-19(7-6-18(25)3)29(4)15-36-16-29/h6-9,12-13,17H,10-11,14-16H2,1-5H3,(H,30,33). The third-order valence-corrected chi connectivity index (χ3v) is 7.81. The van der Waals surface area contributed by atoms with E-state index in [1.54, 1.807) is 7.11 Å². The van der Waals surface area contributed by atoms with Gasteiger partial charge in [-0.05, 0) is 41.7 Å². The van der Waals surface area contributed by atoms with E-state index in [9.17, 15) is 0 Å². The Morgan fingerprint density at radius 1 is 1.14 bits per heavy atom. The highest BCUT2D eigenvalue weighted by molar-refractivity contribution is 5.94. The van der Waals surface area contributed by atoms with Crippen LogP contribution in [0.2, 0.25) is 0 Å². The molecule has 1 fully saturated rings.